The predicted octanol–water partition coefficient (Wildman–Crippen LogP) is 2.77. The number of aromatic nitrogens is 1. The van der Waals surface area contributed by atoms with Crippen LogP contribution in [-0.2, 0) is 19.5 Å². The van der Waals surface area contributed by atoms with Crippen LogP contribution in [0, 0.1) is 0 Å². The number of aryl methyl sites for hydroxylation is 1. The van der Waals surface area contributed by atoms with Gasteiger partial charge in [-0.2, -0.15) is 0 Å². The van der Waals surface area contributed by atoms with Gasteiger partial charge in [0.2, 0.25) is 0 Å². The summed E-state index contributed by atoms with van der Waals surface area (Å²) in [7, 11) is 0. The fourth-order valence-electron chi connectivity index (χ4n) is 4.04. The Balaban J connectivity index is 1.58. The first kappa shape index (κ1) is 13.4. The zero-order valence-electron chi connectivity index (χ0n) is 12.8. The molecule has 0 spiro atoms. The third kappa shape index (κ3) is 2.49. The summed E-state index contributed by atoms with van der Waals surface area (Å²) >= 11 is 0. The average molecular weight is 283 g/mol. The van der Waals surface area contributed by atoms with Crippen molar-refractivity contribution in [2.45, 2.75) is 38.8 Å². The van der Waals surface area contributed by atoms with E-state index < -0.39 is 0 Å². The summed E-state index contributed by atoms with van der Waals surface area (Å²) in [5, 5.41) is 5.02. The highest BCUT2D eigenvalue weighted by atomic mass is 15.1. The molecule has 3 heterocycles. The van der Waals surface area contributed by atoms with Crippen molar-refractivity contribution in [2.24, 2.45) is 0 Å². The molecule has 4 rings (SSSR count). The number of hydrogen-bond donors (Lipinski definition) is 1. The molecule has 21 heavy (non-hydrogen) atoms. The van der Waals surface area contributed by atoms with Gasteiger partial charge in [0, 0.05) is 29.7 Å². The number of fused-ring (bicyclic) bond motifs is 3. The maximum atomic E-state index is 3.54. The van der Waals surface area contributed by atoms with Gasteiger partial charge in [0.1, 0.15) is 0 Å². The average Bonchev–Trinajstić information content (AvgIpc) is 3.15. The van der Waals surface area contributed by atoms with E-state index in [9.17, 15) is 0 Å². The molecule has 0 bridgehead atoms. The second-order valence-corrected chi connectivity index (χ2v) is 6.42. The van der Waals surface area contributed by atoms with E-state index in [1.54, 1.807) is 5.56 Å². The van der Waals surface area contributed by atoms with E-state index in [4.69, 9.17) is 0 Å². The first-order valence-electron chi connectivity index (χ1n) is 8.45. The van der Waals surface area contributed by atoms with Crippen LogP contribution in [0.1, 0.15) is 30.5 Å². The van der Waals surface area contributed by atoms with Gasteiger partial charge in [-0.05, 0) is 63.5 Å². The fraction of sp³-hybridized carbons (Fsp3) is 0.556. The van der Waals surface area contributed by atoms with Crippen molar-refractivity contribution in [2.75, 3.05) is 26.2 Å². The SMILES string of the molecule is c1ccc2c(c1)c1c(n2CCCN2CCCC2)CNCC1. The summed E-state index contributed by atoms with van der Waals surface area (Å²) in [5.74, 6) is 0. The molecule has 1 N–H and O–H groups in total. The number of nitrogens with one attached hydrogen (secondary N) is 1. The molecule has 0 unspecified atom stereocenters. The quantitative estimate of drug-likeness (QED) is 0.931. The first-order valence-corrected chi connectivity index (χ1v) is 8.45. The molecule has 1 saturated heterocycles. The number of likely N-dealkylation sites (tertiary alicyclic amines) is 1. The first-order chi connectivity index (χ1) is 10.4. The highest BCUT2D eigenvalue weighted by molar-refractivity contribution is 5.85. The zero-order valence-corrected chi connectivity index (χ0v) is 12.8. The van der Waals surface area contributed by atoms with Crippen molar-refractivity contribution in [1.82, 2.24) is 14.8 Å². The van der Waals surface area contributed by atoms with Crippen LogP contribution in [-0.4, -0.2) is 35.6 Å². The number of hydrogen-bond acceptors (Lipinski definition) is 2. The minimum atomic E-state index is 1.04. The lowest BCUT2D eigenvalue weighted by molar-refractivity contribution is 0.325. The van der Waals surface area contributed by atoms with E-state index >= 15 is 0 Å². The van der Waals surface area contributed by atoms with Gasteiger partial charge in [-0.1, -0.05) is 18.2 Å². The van der Waals surface area contributed by atoms with Crippen LogP contribution in [0.15, 0.2) is 24.3 Å². The molecule has 0 saturated carbocycles. The fourth-order valence-corrected chi connectivity index (χ4v) is 4.04. The summed E-state index contributed by atoms with van der Waals surface area (Å²) in [5.41, 5.74) is 4.56. The van der Waals surface area contributed by atoms with Crippen LogP contribution in [0.3, 0.4) is 0 Å². The molecule has 2 aliphatic heterocycles. The van der Waals surface area contributed by atoms with E-state index in [-0.39, 0.29) is 0 Å². The van der Waals surface area contributed by atoms with Gasteiger partial charge in [-0.25, -0.2) is 0 Å². The van der Waals surface area contributed by atoms with Crippen LogP contribution in [0.5, 0.6) is 0 Å². The topological polar surface area (TPSA) is 20.2 Å². The van der Waals surface area contributed by atoms with Gasteiger partial charge in [0.25, 0.3) is 0 Å². The highest BCUT2D eigenvalue weighted by Gasteiger charge is 2.19. The molecule has 2 aliphatic rings. The minimum absolute atomic E-state index is 1.04. The van der Waals surface area contributed by atoms with Crippen LogP contribution < -0.4 is 5.32 Å². The number of nitrogens with zero attached hydrogens (tertiary/aromatic N) is 2. The zero-order chi connectivity index (χ0) is 14.1. The van der Waals surface area contributed by atoms with E-state index in [0.29, 0.717) is 0 Å². The second kappa shape index (κ2) is 5.82. The van der Waals surface area contributed by atoms with E-state index in [1.165, 1.54) is 61.9 Å². The van der Waals surface area contributed by atoms with E-state index in [0.717, 1.165) is 19.6 Å². The summed E-state index contributed by atoms with van der Waals surface area (Å²) in [6.45, 7) is 7.20. The third-order valence-corrected chi connectivity index (χ3v) is 5.09. The largest absolute Gasteiger partial charge is 0.343 e. The van der Waals surface area contributed by atoms with Gasteiger partial charge in [0.15, 0.2) is 0 Å². The van der Waals surface area contributed by atoms with Crippen LogP contribution >= 0.6 is 0 Å². The van der Waals surface area contributed by atoms with Gasteiger partial charge in [0.05, 0.1) is 0 Å². The van der Waals surface area contributed by atoms with Crippen molar-refractivity contribution in [3.8, 4) is 0 Å². The highest BCUT2D eigenvalue weighted by Crippen LogP contribution is 2.28. The monoisotopic (exact) mass is 283 g/mol. The van der Waals surface area contributed by atoms with Crippen molar-refractivity contribution < 1.29 is 0 Å². The molecule has 3 nitrogen and oxygen atoms in total. The molecule has 112 valence electrons. The molecule has 1 aromatic heterocycles. The molecular formula is C18H25N3. The van der Waals surface area contributed by atoms with Crippen LogP contribution in [0.25, 0.3) is 10.9 Å². The van der Waals surface area contributed by atoms with E-state index in [1.807, 2.05) is 0 Å². The Bertz CT molecular complexity index is 623. The molecule has 0 amide bonds. The summed E-state index contributed by atoms with van der Waals surface area (Å²) in [6.07, 6.45) is 5.23. The Kier molecular flexibility index (Phi) is 3.70. The molecular weight excluding hydrogens is 258 g/mol. The van der Waals surface area contributed by atoms with Crippen LogP contribution in [0.4, 0.5) is 0 Å². The molecule has 3 heteroatoms. The molecule has 1 fully saturated rings. The van der Waals surface area contributed by atoms with Crippen molar-refractivity contribution in [3.63, 3.8) is 0 Å². The Labute approximate surface area is 126 Å². The summed E-state index contributed by atoms with van der Waals surface area (Å²) in [4.78, 5) is 2.62. The standard InChI is InChI=1S/C18H25N3/c1-2-7-17-15(6-1)16-8-9-19-14-18(16)21(17)13-5-12-20-10-3-4-11-20/h1-2,6-7,19H,3-5,8-14H2. The normalized spacial score (nSPS) is 19.2. The predicted molar refractivity (Wildman–Crippen MR) is 87.6 cm³/mol. The van der Waals surface area contributed by atoms with Gasteiger partial charge in [-0.15, -0.1) is 0 Å². The lowest BCUT2D eigenvalue weighted by Crippen LogP contribution is -2.26. The molecule has 2 aromatic rings. The van der Waals surface area contributed by atoms with Gasteiger partial charge in [-0.3, -0.25) is 0 Å². The third-order valence-electron chi connectivity index (χ3n) is 5.09. The number of rotatable bonds is 4. The van der Waals surface area contributed by atoms with Crippen molar-refractivity contribution in [1.29, 1.82) is 0 Å². The number of para-hydroxylation sites is 1. The Morgan fingerprint density at radius 2 is 1.90 bits per heavy atom. The lowest BCUT2D eigenvalue weighted by Gasteiger charge is -2.19. The Morgan fingerprint density at radius 3 is 2.81 bits per heavy atom. The van der Waals surface area contributed by atoms with Crippen molar-refractivity contribution in [3.05, 3.63) is 35.5 Å². The maximum Gasteiger partial charge on any atom is 0.0485 e. The summed E-state index contributed by atoms with van der Waals surface area (Å²) < 4.78 is 2.58. The second-order valence-electron chi connectivity index (χ2n) is 6.42. The van der Waals surface area contributed by atoms with Crippen LogP contribution in [0.2, 0.25) is 0 Å². The van der Waals surface area contributed by atoms with Gasteiger partial charge < -0.3 is 14.8 Å². The summed E-state index contributed by atoms with van der Waals surface area (Å²) in [6, 6.07) is 8.96. The van der Waals surface area contributed by atoms with Gasteiger partial charge >= 0.3 is 0 Å². The Hall–Kier alpha value is -1.32. The molecule has 0 radical (unpaired) electrons. The molecule has 0 aliphatic carbocycles. The number of benzene rings is 1. The lowest BCUT2D eigenvalue weighted by atomic mass is 10.1. The maximum absolute atomic E-state index is 3.54. The minimum Gasteiger partial charge on any atom is -0.343 e. The molecule has 1 aromatic carbocycles. The smallest absolute Gasteiger partial charge is 0.0485 e. The molecule has 0 atom stereocenters. The van der Waals surface area contributed by atoms with Crippen molar-refractivity contribution >= 4 is 10.9 Å². The Morgan fingerprint density at radius 1 is 1.05 bits per heavy atom. The van der Waals surface area contributed by atoms with E-state index in [2.05, 4.69) is 39.0 Å².